The lowest BCUT2D eigenvalue weighted by Crippen LogP contribution is -2.26. The number of H-pyrrole nitrogens is 1. The highest BCUT2D eigenvalue weighted by Gasteiger charge is 2.17. The summed E-state index contributed by atoms with van der Waals surface area (Å²) in [5, 5.41) is 2.44. The molecule has 0 saturated heterocycles. The Morgan fingerprint density at radius 1 is 1.19 bits per heavy atom. The van der Waals surface area contributed by atoms with E-state index in [2.05, 4.69) is 10.3 Å². The number of pyridine rings is 1. The summed E-state index contributed by atoms with van der Waals surface area (Å²) in [5.74, 6) is -1.12. The van der Waals surface area contributed by atoms with E-state index < -0.39 is 17.3 Å². The number of amides is 1. The Morgan fingerprint density at radius 3 is 2.76 bits per heavy atom. The second-order valence-electron chi connectivity index (χ2n) is 5.16. The molecular formula is C16H15FN2O2. The number of aromatic nitrogens is 1. The average molecular weight is 286 g/mol. The van der Waals surface area contributed by atoms with Crippen molar-refractivity contribution >= 4 is 11.6 Å². The van der Waals surface area contributed by atoms with Crippen molar-refractivity contribution in [1.82, 2.24) is 4.98 Å². The highest BCUT2D eigenvalue weighted by molar-refractivity contribution is 6.04. The number of carbonyl (C=O) groups is 1. The number of halogens is 1. The van der Waals surface area contributed by atoms with E-state index in [-0.39, 0.29) is 11.3 Å². The summed E-state index contributed by atoms with van der Waals surface area (Å²) in [6, 6.07) is 7.50. The molecule has 4 nitrogen and oxygen atoms in total. The first-order valence-electron chi connectivity index (χ1n) is 6.96. The largest absolute Gasteiger partial charge is 0.325 e. The summed E-state index contributed by atoms with van der Waals surface area (Å²) in [4.78, 5) is 26.9. The molecule has 1 aromatic carbocycles. The molecule has 1 aliphatic carbocycles. The molecule has 2 aromatic rings. The SMILES string of the molecule is O=C(Nc1ccccc1F)c1cc2c([nH]c1=O)CCCC2. The molecule has 3 rings (SSSR count). The number of rotatable bonds is 2. The zero-order valence-corrected chi connectivity index (χ0v) is 11.4. The van der Waals surface area contributed by atoms with Crippen molar-refractivity contribution < 1.29 is 9.18 Å². The molecule has 21 heavy (non-hydrogen) atoms. The Balaban J connectivity index is 1.91. The first-order chi connectivity index (χ1) is 10.1. The molecule has 0 atom stereocenters. The third kappa shape index (κ3) is 2.72. The van der Waals surface area contributed by atoms with Crippen molar-refractivity contribution in [3.63, 3.8) is 0 Å². The van der Waals surface area contributed by atoms with Crippen LogP contribution in [0.4, 0.5) is 10.1 Å². The molecule has 0 radical (unpaired) electrons. The van der Waals surface area contributed by atoms with Gasteiger partial charge in [-0.1, -0.05) is 12.1 Å². The van der Waals surface area contributed by atoms with Gasteiger partial charge in [-0.25, -0.2) is 4.39 Å². The number of fused-ring (bicyclic) bond motifs is 1. The number of aryl methyl sites for hydroxylation is 2. The Bertz CT molecular complexity index is 752. The van der Waals surface area contributed by atoms with Crippen LogP contribution in [-0.4, -0.2) is 10.9 Å². The molecule has 2 N–H and O–H groups in total. The molecule has 1 amide bonds. The zero-order valence-electron chi connectivity index (χ0n) is 11.4. The van der Waals surface area contributed by atoms with Crippen LogP contribution in [0.25, 0.3) is 0 Å². The fourth-order valence-corrected chi connectivity index (χ4v) is 2.60. The van der Waals surface area contributed by atoms with E-state index >= 15 is 0 Å². The molecule has 0 bridgehead atoms. The molecular weight excluding hydrogens is 271 g/mol. The lowest BCUT2D eigenvalue weighted by atomic mass is 9.95. The topological polar surface area (TPSA) is 62.0 Å². The van der Waals surface area contributed by atoms with Gasteiger partial charge in [0.2, 0.25) is 0 Å². The average Bonchev–Trinajstić information content (AvgIpc) is 2.49. The molecule has 0 spiro atoms. The fourth-order valence-electron chi connectivity index (χ4n) is 2.60. The summed E-state index contributed by atoms with van der Waals surface area (Å²) < 4.78 is 13.5. The van der Waals surface area contributed by atoms with Gasteiger partial charge in [0.25, 0.3) is 11.5 Å². The molecule has 108 valence electrons. The second-order valence-corrected chi connectivity index (χ2v) is 5.16. The molecule has 1 aliphatic rings. The van der Waals surface area contributed by atoms with Gasteiger partial charge in [-0.3, -0.25) is 9.59 Å². The summed E-state index contributed by atoms with van der Waals surface area (Å²) in [5.41, 5.74) is 1.58. The molecule has 1 heterocycles. The number of para-hydroxylation sites is 1. The molecule has 5 heteroatoms. The van der Waals surface area contributed by atoms with Crippen LogP contribution in [0, 0.1) is 5.82 Å². The third-order valence-electron chi connectivity index (χ3n) is 3.70. The lowest BCUT2D eigenvalue weighted by molar-refractivity contribution is 0.102. The molecule has 1 aromatic heterocycles. The van der Waals surface area contributed by atoms with Crippen molar-refractivity contribution in [2.75, 3.05) is 5.32 Å². The Kier molecular flexibility index (Phi) is 3.56. The minimum Gasteiger partial charge on any atom is -0.325 e. The molecule has 0 unspecified atom stereocenters. The molecule has 0 fully saturated rings. The number of anilines is 1. The highest BCUT2D eigenvalue weighted by atomic mass is 19.1. The van der Waals surface area contributed by atoms with Crippen LogP contribution in [0.1, 0.15) is 34.5 Å². The van der Waals surface area contributed by atoms with Gasteiger partial charge in [-0.05, 0) is 49.4 Å². The number of carbonyl (C=O) groups excluding carboxylic acids is 1. The summed E-state index contributed by atoms with van der Waals surface area (Å²) in [7, 11) is 0. The predicted octanol–water partition coefficient (Wildman–Crippen LogP) is 2.65. The van der Waals surface area contributed by atoms with Crippen LogP contribution in [0.15, 0.2) is 35.1 Å². The minimum absolute atomic E-state index is 0.0268. The van der Waals surface area contributed by atoms with Gasteiger partial charge in [-0.2, -0.15) is 0 Å². The van der Waals surface area contributed by atoms with Crippen LogP contribution < -0.4 is 10.9 Å². The fraction of sp³-hybridized carbons (Fsp3) is 0.250. The van der Waals surface area contributed by atoms with Crippen molar-refractivity contribution in [3.8, 4) is 0 Å². The van der Waals surface area contributed by atoms with Crippen LogP contribution in [0.2, 0.25) is 0 Å². The van der Waals surface area contributed by atoms with Crippen molar-refractivity contribution in [3.05, 3.63) is 63.3 Å². The van der Waals surface area contributed by atoms with E-state index in [4.69, 9.17) is 0 Å². The molecule has 0 aliphatic heterocycles. The van der Waals surface area contributed by atoms with Crippen LogP contribution in [-0.2, 0) is 12.8 Å². The van der Waals surface area contributed by atoms with Crippen molar-refractivity contribution in [1.29, 1.82) is 0 Å². The van der Waals surface area contributed by atoms with E-state index in [1.807, 2.05) is 0 Å². The van der Waals surface area contributed by atoms with E-state index in [1.54, 1.807) is 12.1 Å². The number of aromatic amines is 1. The number of hydrogen-bond donors (Lipinski definition) is 2. The Morgan fingerprint density at radius 2 is 1.95 bits per heavy atom. The number of nitrogens with one attached hydrogen (secondary N) is 2. The van der Waals surface area contributed by atoms with Gasteiger partial charge in [0.1, 0.15) is 11.4 Å². The normalized spacial score (nSPS) is 13.6. The highest BCUT2D eigenvalue weighted by Crippen LogP contribution is 2.19. The zero-order chi connectivity index (χ0) is 14.8. The van der Waals surface area contributed by atoms with Gasteiger partial charge < -0.3 is 10.3 Å². The quantitative estimate of drug-likeness (QED) is 0.891. The molecule has 0 saturated carbocycles. The maximum Gasteiger partial charge on any atom is 0.261 e. The number of benzene rings is 1. The summed E-state index contributed by atoms with van der Waals surface area (Å²) >= 11 is 0. The predicted molar refractivity (Wildman–Crippen MR) is 78.1 cm³/mol. The van der Waals surface area contributed by atoms with E-state index in [0.717, 1.165) is 36.9 Å². The van der Waals surface area contributed by atoms with Gasteiger partial charge in [0.15, 0.2) is 0 Å². The summed E-state index contributed by atoms with van der Waals surface area (Å²) in [6.45, 7) is 0. The van der Waals surface area contributed by atoms with E-state index in [0.29, 0.717) is 0 Å². The monoisotopic (exact) mass is 286 g/mol. The lowest BCUT2D eigenvalue weighted by Gasteiger charge is -2.16. The van der Waals surface area contributed by atoms with Crippen LogP contribution >= 0.6 is 0 Å². The van der Waals surface area contributed by atoms with Gasteiger partial charge in [0, 0.05) is 5.69 Å². The maximum atomic E-state index is 13.5. The van der Waals surface area contributed by atoms with E-state index in [1.165, 1.54) is 18.2 Å². The first kappa shape index (κ1) is 13.5. The Labute approximate surface area is 121 Å². The first-order valence-corrected chi connectivity index (χ1v) is 6.96. The summed E-state index contributed by atoms with van der Waals surface area (Å²) in [6.07, 6.45) is 3.78. The third-order valence-corrected chi connectivity index (χ3v) is 3.70. The standard InChI is InChI=1S/C16H15FN2O2/c17-12-6-2-4-8-14(12)19-16(21)11-9-10-5-1-3-7-13(10)18-15(11)20/h2,4,6,8-9H,1,3,5,7H2,(H,18,20)(H,19,21). The maximum absolute atomic E-state index is 13.5. The Hall–Kier alpha value is -2.43. The van der Waals surface area contributed by atoms with Crippen molar-refractivity contribution in [2.24, 2.45) is 0 Å². The van der Waals surface area contributed by atoms with Gasteiger partial charge in [0.05, 0.1) is 5.69 Å². The minimum atomic E-state index is -0.588. The second kappa shape index (κ2) is 5.52. The van der Waals surface area contributed by atoms with Gasteiger partial charge >= 0.3 is 0 Å². The van der Waals surface area contributed by atoms with Crippen LogP contribution in [0.3, 0.4) is 0 Å². The van der Waals surface area contributed by atoms with E-state index in [9.17, 15) is 14.0 Å². The number of hydrogen-bond acceptors (Lipinski definition) is 2. The van der Waals surface area contributed by atoms with Crippen molar-refractivity contribution in [2.45, 2.75) is 25.7 Å². The van der Waals surface area contributed by atoms with Crippen LogP contribution in [0.5, 0.6) is 0 Å². The van der Waals surface area contributed by atoms with Gasteiger partial charge in [-0.15, -0.1) is 0 Å². The smallest absolute Gasteiger partial charge is 0.261 e.